The van der Waals surface area contributed by atoms with E-state index in [4.69, 9.17) is 0 Å². The summed E-state index contributed by atoms with van der Waals surface area (Å²) in [5.74, 6) is 1.73. The number of nitrogens with zero attached hydrogens (tertiary/aromatic N) is 4. The van der Waals surface area contributed by atoms with E-state index in [-0.39, 0.29) is 5.91 Å². The number of benzene rings is 2. The molecule has 0 bridgehead atoms. The van der Waals surface area contributed by atoms with Crippen LogP contribution in [0.15, 0.2) is 54.6 Å². The summed E-state index contributed by atoms with van der Waals surface area (Å²) < 4.78 is 0. The molecule has 0 saturated carbocycles. The molecular formula is C23H24N4O. The van der Waals surface area contributed by atoms with E-state index < -0.39 is 0 Å². The van der Waals surface area contributed by atoms with E-state index in [1.165, 1.54) is 0 Å². The van der Waals surface area contributed by atoms with Crippen molar-refractivity contribution >= 4 is 11.7 Å². The zero-order valence-electron chi connectivity index (χ0n) is 16.5. The number of aryl methyl sites for hydroxylation is 1. The van der Waals surface area contributed by atoms with Gasteiger partial charge < -0.3 is 9.80 Å². The number of hydrogen-bond acceptors (Lipinski definition) is 4. The number of carbonyl (C=O) groups excluding carboxylic acids is 1. The van der Waals surface area contributed by atoms with Crippen molar-refractivity contribution in [3.05, 3.63) is 77.2 Å². The molecule has 2 heterocycles. The molecule has 28 heavy (non-hydrogen) atoms. The zero-order valence-corrected chi connectivity index (χ0v) is 16.5. The van der Waals surface area contributed by atoms with Gasteiger partial charge in [-0.05, 0) is 30.2 Å². The summed E-state index contributed by atoms with van der Waals surface area (Å²) in [5.41, 5.74) is 5.08. The van der Waals surface area contributed by atoms with Gasteiger partial charge >= 0.3 is 0 Å². The molecule has 0 spiro atoms. The van der Waals surface area contributed by atoms with Gasteiger partial charge in [-0.1, -0.05) is 42.5 Å². The van der Waals surface area contributed by atoms with Crippen molar-refractivity contribution in [1.82, 2.24) is 14.9 Å². The Hall–Kier alpha value is -3.21. The molecule has 142 valence electrons. The third-order valence-corrected chi connectivity index (χ3v) is 5.10. The first-order chi connectivity index (χ1) is 13.5. The van der Waals surface area contributed by atoms with Crippen molar-refractivity contribution in [2.45, 2.75) is 19.9 Å². The van der Waals surface area contributed by atoms with Crippen molar-refractivity contribution in [3.8, 4) is 11.1 Å². The van der Waals surface area contributed by atoms with Crippen molar-refractivity contribution in [1.29, 1.82) is 0 Å². The lowest BCUT2D eigenvalue weighted by Gasteiger charge is -2.31. The monoisotopic (exact) mass is 372 g/mol. The Kier molecular flexibility index (Phi) is 4.82. The molecule has 1 aliphatic heterocycles. The van der Waals surface area contributed by atoms with Crippen LogP contribution in [-0.2, 0) is 13.0 Å². The van der Waals surface area contributed by atoms with Crippen molar-refractivity contribution in [2.75, 3.05) is 25.5 Å². The maximum Gasteiger partial charge on any atom is 0.254 e. The van der Waals surface area contributed by atoms with Crippen LogP contribution < -0.4 is 4.90 Å². The van der Waals surface area contributed by atoms with Crippen LogP contribution in [0.4, 0.5) is 5.82 Å². The largest absolute Gasteiger partial charge is 0.362 e. The standard InChI is InChI=1S/C23H24N4O/c1-16-24-21-13-14-27(15-20(21)22(25-16)26(2)3)23(28)19-11-9-18(10-12-19)17-7-5-4-6-8-17/h4-12H,13-15H2,1-3H3. The number of rotatable bonds is 3. The lowest BCUT2D eigenvalue weighted by molar-refractivity contribution is 0.0733. The highest BCUT2D eigenvalue weighted by molar-refractivity contribution is 5.95. The molecule has 1 aliphatic rings. The third kappa shape index (κ3) is 3.48. The number of amides is 1. The van der Waals surface area contributed by atoms with Crippen LogP contribution in [0, 0.1) is 6.92 Å². The Morgan fingerprint density at radius 1 is 0.964 bits per heavy atom. The number of aromatic nitrogens is 2. The van der Waals surface area contributed by atoms with Gasteiger partial charge in [-0.25, -0.2) is 9.97 Å². The highest BCUT2D eigenvalue weighted by Crippen LogP contribution is 2.27. The average Bonchev–Trinajstić information content (AvgIpc) is 2.73. The van der Waals surface area contributed by atoms with Gasteiger partial charge in [-0.3, -0.25) is 4.79 Å². The molecule has 4 rings (SSSR count). The van der Waals surface area contributed by atoms with Crippen LogP contribution in [0.3, 0.4) is 0 Å². The first kappa shape index (κ1) is 18.2. The summed E-state index contributed by atoms with van der Waals surface area (Å²) in [6.45, 7) is 3.14. The molecule has 2 aromatic carbocycles. The van der Waals surface area contributed by atoms with Crippen LogP contribution in [0.5, 0.6) is 0 Å². The van der Waals surface area contributed by atoms with Gasteiger partial charge in [0.2, 0.25) is 0 Å². The van der Waals surface area contributed by atoms with E-state index in [1.54, 1.807) is 0 Å². The summed E-state index contributed by atoms with van der Waals surface area (Å²) in [5, 5.41) is 0. The number of hydrogen-bond donors (Lipinski definition) is 0. The summed E-state index contributed by atoms with van der Waals surface area (Å²) in [4.78, 5) is 26.1. The van der Waals surface area contributed by atoms with Crippen LogP contribution in [0.2, 0.25) is 0 Å². The molecule has 0 radical (unpaired) electrons. The molecule has 5 nitrogen and oxygen atoms in total. The second kappa shape index (κ2) is 7.43. The van der Waals surface area contributed by atoms with Gasteiger partial charge in [0.1, 0.15) is 11.6 Å². The molecule has 0 fully saturated rings. The lowest BCUT2D eigenvalue weighted by atomic mass is 10.0. The van der Waals surface area contributed by atoms with Gasteiger partial charge in [0, 0.05) is 38.2 Å². The number of fused-ring (bicyclic) bond motifs is 1. The highest BCUT2D eigenvalue weighted by atomic mass is 16.2. The van der Waals surface area contributed by atoms with Crippen LogP contribution in [0.1, 0.15) is 27.4 Å². The Morgan fingerprint density at radius 2 is 1.64 bits per heavy atom. The SMILES string of the molecule is Cc1nc2c(c(N(C)C)n1)CN(C(=O)c1ccc(-c3ccccc3)cc1)CC2. The van der Waals surface area contributed by atoms with Crippen molar-refractivity contribution in [2.24, 2.45) is 0 Å². The Balaban J connectivity index is 1.57. The molecular weight excluding hydrogens is 348 g/mol. The van der Waals surface area contributed by atoms with E-state index in [0.717, 1.165) is 40.4 Å². The first-order valence-corrected chi connectivity index (χ1v) is 9.51. The third-order valence-electron chi connectivity index (χ3n) is 5.10. The Bertz CT molecular complexity index is 997. The predicted molar refractivity (Wildman–Crippen MR) is 111 cm³/mol. The van der Waals surface area contributed by atoms with Gasteiger partial charge in [0.05, 0.1) is 12.2 Å². The normalized spacial score (nSPS) is 13.2. The smallest absolute Gasteiger partial charge is 0.254 e. The minimum atomic E-state index is 0.0514. The average molecular weight is 372 g/mol. The fraction of sp³-hybridized carbons (Fsp3) is 0.261. The second-order valence-electron chi connectivity index (χ2n) is 7.33. The second-order valence-corrected chi connectivity index (χ2v) is 7.33. The fourth-order valence-corrected chi connectivity index (χ4v) is 3.68. The van der Waals surface area contributed by atoms with Crippen LogP contribution >= 0.6 is 0 Å². The summed E-state index contributed by atoms with van der Waals surface area (Å²) in [6, 6.07) is 18.0. The van der Waals surface area contributed by atoms with Crippen LogP contribution in [0.25, 0.3) is 11.1 Å². The van der Waals surface area contributed by atoms with Gasteiger partial charge in [0.25, 0.3) is 5.91 Å². The first-order valence-electron chi connectivity index (χ1n) is 9.51. The molecule has 0 unspecified atom stereocenters. The predicted octanol–water partition coefficient (Wildman–Crippen LogP) is 3.72. The van der Waals surface area contributed by atoms with E-state index in [2.05, 4.69) is 22.1 Å². The maximum absolute atomic E-state index is 13.1. The Labute approximate surface area is 165 Å². The minimum Gasteiger partial charge on any atom is -0.362 e. The van der Waals surface area contributed by atoms with E-state index in [9.17, 15) is 4.79 Å². The van der Waals surface area contributed by atoms with Crippen molar-refractivity contribution in [3.63, 3.8) is 0 Å². The van der Waals surface area contributed by atoms with Crippen molar-refractivity contribution < 1.29 is 4.79 Å². The molecule has 1 aromatic heterocycles. The maximum atomic E-state index is 13.1. The molecule has 3 aromatic rings. The number of carbonyl (C=O) groups is 1. The van der Waals surface area contributed by atoms with E-state index >= 15 is 0 Å². The number of anilines is 1. The Morgan fingerprint density at radius 3 is 2.32 bits per heavy atom. The minimum absolute atomic E-state index is 0.0514. The summed E-state index contributed by atoms with van der Waals surface area (Å²) in [7, 11) is 3.95. The summed E-state index contributed by atoms with van der Waals surface area (Å²) in [6.07, 6.45) is 0.757. The summed E-state index contributed by atoms with van der Waals surface area (Å²) >= 11 is 0. The molecule has 5 heteroatoms. The van der Waals surface area contributed by atoms with Gasteiger partial charge in [-0.15, -0.1) is 0 Å². The quantitative estimate of drug-likeness (QED) is 0.703. The van der Waals surface area contributed by atoms with Gasteiger partial charge in [-0.2, -0.15) is 0 Å². The fourth-order valence-electron chi connectivity index (χ4n) is 3.68. The van der Waals surface area contributed by atoms with Gasteiger partial charge in [0.15, 0.2) is 0 Å². The molecule has 0 aliphatic carbocycles. The topological polar surface area (TPSA) is 49.3 Å². The molecule has 0 atom stereocenters. The molecule has 1 amide bonds. The lowest BCUT2D eigenvalue weighted by Crippen LogP contribution is -2.37. The zero-order chi connectivity index (χ0) is 19.7. The van der Waals surface area contributed by atoms with E-state index in [0.29, 0.717) is 18.7 Å². The highest BCUT2D eigenvalue weighted by Gasteiger charge is 2.26. The molecule has 0 saturated heterocycles. The van der Waals surface area contributed by atoms with Crippen LogP contribution in [-0.4, -0.2) is 41.4 Å². The molecule has 0 N–H and O–H groups in total. The van der Waals surface area contributed by atoms with E-state index in [1.807, 2.05) is 73.3 Å².